The van der Waals surface area contributed by atoms with Crippen LogP contribution in [-0.2, 0) is 9.53 Å². The van der Waals surface area contributed by atoms with Crippen molar-refractivity contribution in [3.63, 3.8) is 0 Å². The molecule has 5 fully saturated rings. The van der Waals surface area contributed by atoms with Gasteiger partial charge in [0, 0.05) is 13.2 Å². The summed E-state index contributed by atoms with van der Waals surface area (Å²) in [4.78, 5) is 11.9. The Morgan fingerprint density at radius 2 is 1.68 bits per heavy atom. The van der Waals surface area contributed by atoms with E-state index in [2.05, 4.69) is 0 Å². The number of carboxylic acid groups (broad SMARTS) is 1. The third-order valence-corrected chi connectivity index (χ3v) is 6.65. The fourth-order valence-electron chi connectivity index (χ4n) is 6.37. The summed E-state index contributed by atoms with van der Waals surface area (Å²) in [5.74, 6) is 1.62. The second-order valence-electron chi connectivity index (χ2n) is 7.80. The molecule has 1 heterocycles. The Morgan fingerprint density at radius 3 is 2.26 bits per heavy atom. The second kappa shape index (κ2) is 3.97. The highest BCUT2D eigenvalue weighted by Crippen LogP contribution is 2.68. The minimum absolute atomic E-state index is 0.353. The third-order valence-electron chi connectivity index (χ3n) is 6.65. The van der Waals surface area contributed by atoms with Crippen molar-refractivity contribution in [3.05, 3.63) is 0 Å². The largest absolute Gasteiger partial charge is 0.481 e. The maximum Gasteiger partial charge on any atom is 0.309 e. The van der Waals surface area contributed by atoms with Crippen molar-refractivity contribution in [3.8, 4) is 0 Å². The monoisotopic (exact) mass is 264 g/mol. The highest BCUT2D eigenvalue weighted by Gasteiger charge is 2.62. The van der Waals surface area contributed by atoms with E-state index >= 15 is 0 Å². The van der Waals surface area contributed by atoms with Crippen LogP contribution in [0.1, 0.15) is 51.4 Å². The number of hydrogen-bond acceptors (Lipinski definition) is 2. The molecule has 5 aliphatic rings. The molecule has 0 radical (unpaired) electrons. The molecule has 1 aliphatic heterocycles. The van der Waals surface area contributed by atoms with E-state index in [1.165, 1.54) is 19.3 Å². The lowest BCUT2D eigenvalue weighted by Crippen LogP contribution is -2.57. The quantitative estimate of drug-likeness (QED) is 0.833. The topological polar surface area (TPSA) is 46.5 Å². The second-order valence-corrected chi connectivity index (χ2v) is 7.80. The first-order valence-electron chi connectivity index (χ1n) is 7.93. The molecule has 5 rings (SSSR count). The van der Waals surface area contributed by atoms with Crippen LogP contribution in [0.5, 0.6) is 0 Å². The van der Waals surface area contributed by atoms with Crippen molar-refractivity contribution < 1.29 is 14.6 Å². The molecular weight excluding hydrogens is 240 g/mol. The third kappa shape index (κ3) is 1.70. The minimum Gasteiger partial charge on any atom is -0.481 e. The maximum atomic E-state index is 11.9. The Balaban J connectivity index is 1.67. The first-order chi connectivity index (χ1) is 9.12. The molecule has 0 amide bonds. The Morgan fingerprint density at radius 1 is 1.05 bits per heavy atom. The molecule has 2 unspecified atom stereocenters. The lowest BCUT2D eigenvalue weighted by atomic mass is 9.41. The van der Waals surface area contributed by atoms with Gasteiger partial charge in [0.2, 0.25) is 0 Å². The molecule has 4 bridgehead atoms. The van der Waals surface area contributed by atoms with Gasteiger partial charge in [-0.1, -0.05) is 0 Å². The summed E-state index contributed by atoms with van der Waals surface area (Å²) in [7, 11) is 0. The number of carboxylic acids is 1. The van der Waals surface area contributed by atoms with Crippen LogP contribution in [0.15, 0.2) is 0 Å². The summed E-state index contributed by atoms with van der Waals surface area (Å²) >= 11 is 0. The molecule has 2 atom stereocenters. The van der Waals surface area contributed by atoms with Gasteiger partial charge >= 0.3 is 5.97 Å². The number of aliphatic carboxylic acids is 1. The van der Waals surface area contributed by atoms with Gasteiger partial charge in [0.1, 0.15) is 0 Å². The lowest BCUT2D eigenvalue weighted by molar-refractivity contribution is -0.185. The smallest absolute Gasteiger partial charge is 0.309 e. The van der Waals surface area contributed by atoms with Gasteiger partial charge in [0.15, 0.2) is 0 Å². The van der Waals surface area contributed by atoms with Crippen LogP contribution in [0, 0.1) is 28.6 Å². The molecule has 3 heteroatoms. The van der Waals surface area contributed by atoms with Crippen LogP contribution >= 0.6 is 0 Å². The number of carbonyl (C=O) groups is 1. The number of hydrogen-bond donors (Lipinski definition) is 1. The summed E-state index contributed by atoms with van der Waals surface area (Å²) in [6.45, 7) is 1.78. The molecule has 0 aromatic carbocycles. The standard InChI is InChI=1S/C16H24O3/c17-14(18)16-8-11-5-12(9-16)7-15(6-11,10-16)13-1-3-19-4-2-13/h11-13H,1-10H2,(H,17,18). The SMILES string of the molecule is O=C(O)C12CC3CC(C1)CC(C1CCOCC1)(C3)C2. The maximum absolute atomic E-state index is 11.9. The van der Waals surface area contributed by atoms with Crippen molar-refractivity contribution in [2.75, 3.05) is 13.2 Å². The van der Waals surface area contributed by atoms with Gasteiger partial charge in [-0.15, -0.1) is 0 Å². The van der Waals surface area contributed by atoms with E-state index in [1.807, 2.05) is 0 Å². The van der Waals surface area contributed by atoms with E-state index in [0.717, 1.165) is 51.2 Å². The van der Waals surface area contributed by atoms with E-state index in [0.29, 0.717) is 17.3 Å². The fraction of sp³-hybridized carbons (Fsp3) is 0.938. The number of rotatable bonds is 2. The van der Waals surface area contributed by atoms with Crippen LogP contribution in [0.3, 0.4) is 0 Å². The number of ether oxygens (including phenoxy) is 1. The van der Waals surface area contributed by atoms with Crippen LogP contribution in [0.25, 0.3) is 0 Å². The van der Waals surface area contributed by atoms with Crippen LogP contribution < -0.4 is 0 Å². The van der Waals surface area contributed by atoms with E-state index < -0.39 is 5.97 Å². The Labute approximate surface area is 114 Å². The molecule has 0 spiro atoms. The van der Waals surface area contributed by atoms with Crippen LogP contribution in [-0.4, -0.2) is 24.3 Å². The first kappa shape index (κ1) is 12.2. The highest BCUT2D eigenvalue weighted by molar-refractivity contribution is 5.75. The van der Waals surface area contributed by atoms with Gasteiger partial charge in [0.05, 0.1) is 5.41 Å². The molecule has 19 heavy (non-hydrogen) atoms. The normalized spacial score (nSPS) is 49.5. The zero-order valence-corrected chi connectivity index (χ0v) is 11.6. The Hall–Kier alpha value is -0.570. The van der Waals surface area contributed by atoms with E-state index in [4.69, 9.17) is 4.74 Å². The summed E-state index contributed by atoms with van der Waals surface area (Å²) in [6, 6.07) is 0. The Kier molecular flexibility index (Phi) is 2.55. The van der Waals surface area contributed by atoms with E-state index in [1.54, 1.807) is 0 Å². The zero-order chi connectivity index (χ0) is 13.1. The molecule has 1 saturated heterocycles. The van der Waals surface area contributed by atoms with Crippen LogP contribution in [0.2, 0.25) is 0 Å². The summed E-state index contributed by atoms with van der Waals surface area (Å²) in [5.41, 5.74) is -0.00532. The molecular formula is C16H24O3. The molecule has 1 N–H and O–H groups in total. The highest BCUT2D eigenvalue weighted by atomic mass is 16.5. The van der Waals surface area contributed by atoms with E-state index in [-0.39, 0.29) is 5.41 Å². The first-order valence-corrected chi connectivity index (χ1v) is 7.93. The van der Waals surface area contributed by atoms with Gasteiger partial charge < -0.3 is 9.84 Å². The zero-order valence-electron chi connectivity index (χ0n) is 11.6. The van der Waals surface area contributed by atoms with Gasteiger partial charge in [-0.25, -0.2) is 0 Å². The molecule has 3 nitrogen and oxygen atoms in total. The predicted molar refractivity (Wildman–Crippen MR) is 70.7 cm³/mol. The van der Waals surface area contributed by atoms with Gasteiger partial charge in [-0.2, -0.15) is 0 Å². The average molecular weight is 264 g/mol. The molecule has 106 valence electrons. The predicted octanol–water partition coefficient (Wildman–Crippen LogP) is 3.08. The van der Waals surface area contributed by atoms with E-state index in [9.17, 15) is 9.90 Å². The van der Waals surface area contributed by atoms with Crippen LogP contribution in [0.4, 0.5) is 0 Å². The van der Waals surface area contributed by atoms with Crippen molar-refractivity contribution >= 4 is 5.97 Å². The summed E-state index contributed by atoms with van der Waals surface area (Å²) < 4.78 is 5.52. The van der Waals surface area contributed by atoms with Gasteiger partial charge in [-0.05, 0) is 74.5 Å². The van der Waals surface area contributed by atoms with Crippen molar-refractivity contribution in [1.82, 2.24) is 0 Å². The molecule has 4 aliphatic carbocycles. The summed E-state index contributed by atoms with van der Waals surface area (Å²) in [5, 5.41) is 9.77. The molecule has 0 aromatic rings. The summed E-state index contributed by atoms with van der Waals surface area (Å²) in [6.07, 6.45) is 9.14. The average Bonchev–Trinajstić information content (AvgIpc) is 2.38. The Bertz CT molecular complexity index is 383. The van der Waals surface area contributed by atoms with Crippen molar-refractivity contribution in [2.45, 2.75) is 51.4 Å². The minimum atomic E-state index is -0.502. The van der Waals surface area contributed by atoms with Crippen molar-refractivity contribution in [1.29, 1.82) is 0 Å². The van der Waals surface area contributed by atoms with Gasteiger partial charge in [-0.3, -0.25) is 4.79 Å². The molecule has 4 saturated carbocycles. The fourth-order valence-corrected chi connectivity index (χ4v) is 6.37. The van der Waals surface area contributed by atoms with Crippen molar-refractivity contribution in [2.24, 2.45) is 28.6 Å². The van der Waals surface area contributed by atoms with Gasteiger partial charge in [0.25, 0.3) is 0 Å². The molecule has 0 aromatic heterocycles. The lowest BCUT2D eigenvalue weighted by Gasteiger charge is -2.63.